The van der Waals surface area contributed by atoms with Crippen LogP contribution in [0.15, 0.2) is 71.9 Å². The van der Waals surface area contributed by atoms with Crippen molar-refractivity contribution in [2.45, 2.75) is 17.9 Å². The number of hydrogen-bond donors (Lipinski definition) is 1. The molecule has 0 aliphatic heterocycles. The number of hydrogen-bond acceptors (Lipinski definition) is 5. The van der Waals surface area contributed by atoms with E-state index in [-0.39, 0.29) is 11.4 Å². The molecule has 0 spiro atoms. The third kappa shape index (κ3) is 4.57. The van der Waals surface area contributed by atoms with E-state index in [4.69, 9.17) is 0 Å². The van der Waals surface area contributed by atoms with Crippen molar-refractivity contribution < 1.29 is 13.3 Å². The molecule has 3 rings (SSSR count). The van der Waals surface area contributed by atoms with E-state index in [9.17, 15) is 18.5 Å². The zero-order valence-corrected chi connectivity index (χ0v) is 15.2. The predicted molar refractivity (Wildman–Crippen MR) is 99.8 cm³/mol. The van der Waals surface area contributed by atoms with E-state index in [2.05, 4.69) is 9.71 Å². The van der Waals surface area contributed by atoms with Gasteiger partial charge in [0.05, 0.1) is 4.92 Å². The van der Waals surface area contributed by atoms with E-state index >= 15 is 0 Å². The number of para-hydroxylation sites is 1. The van der Waals surface area contributed by atoms with Gasteiger partial charge >= 0.3 is 0 Å². The maximum Gasteiger partial charge on any atom is 0.289 e. The summed E-state index contributed by atoms with van der Waals surface area (Å²) in [5.41, 5.74) is 0.660. The Morgan fingerprint density at radius 1 is 1.07 bits per heavy atom. The molecule has 0 radical (unpaired) electrons. The summed E-state index contributed by atoms with van der Waals surface area (Å²) in [4.78, 5) is 14.3. The highest BCUT2D eigenvalue weighted by atomic mass is 32.2. The van der Waals surface area contributed by atoms with Crippen LogP contribution in [0.3, 0.4) is 0 Å². The molecule has 0 saturated heterocycles. The van der Waals surface area contributed by atoms with Gasteiger partial charge in [0.25, 0.3) is 5.69 Å². The molecule has 1 N–H and O–H groups in total. The summed E-state index contributed by atoms with van der Waals surface area (Å²) >= 11 is 0. The third-order valence-electron chi connectivity index (χ3n) is 3.99. The number of benzene rings is 2. The molecule has 0 atom stereocenters. The lowest BCUT2D eigenvalue weighted by atomic mass is 10.2. The van der Waals surface area contributed by atoms with Gasteiger partial charge < -0.3 is 4.57 Å². The fraction of sp³-hybridized carbons (Fsp3) is 0.167. The molecule has 0 amide bonds. The van der Waals surface area contributed by atoms with E-state index in [1.54, 1.807) is 6.20 Å². The zero-order chi connectivity index (χ0) is 19.3. The van der Waals surface area contributed by atoms with Crippen molar-refractivity contribution in [3.05, 3.63) is 88.5 Å². The lowest BCUT2D eigenvalue weighted by Gasteiger charge is -2.09. The Kier molecular flexibility index (Phi) is 5.63. The number of sulfonamides is 1. The monoisotopic (exact) mass is 386 g/mol. The summed E-state index contributed by atoms with van der Waals surface area (Å²) in [7, 11) is -3.99. The van der Waals surface area contributed by atoms with Crippen LogP contribution in [-0.2, 0) is 23.0 Å². The van der Waals surface area contributed by atoms with Crippen LogP contribution in [0.2, 0.25) is 0 Å². The SMILES string of the molecule is O=[N+]([O-])c1ccccc1S(=O)(=O)NCCc1nccn1Cc1ccccc1. The van der Waals surface area contributed by atoms with Crippen LogP contribution in [0.5, 0.6) is 0 Å². The smallest absolute Gasteiger partial charge is 0.289 e. The first-order valence-electron chi connectivity index (χ1n) is 8.24. The molecule has 0 saturated carbocycles. The molecule has 0 fully saturated rings. The van der Waals surface area contributed by atoms with E-state index in [0.29, 0.717) is 13.0 Å². The van der Waals surface area contributed by atoms with E-state index < -0.39 is 20.6 Å². The predicted octanol–water partition coefficient (Wildman–Crippen LogP) is 2.36. The number of nitro groups is 1. The van der Waals surface area contributed by atoms with E-state index in [1.807, 2.05) is 41.1 Å². The van der Waals surface area contributed by atoms with Gasteiger partial charge in [-0.3, -0.25) is 10.1 Å². The molecule has 1 heterocycles. The molecule has 2 aromatic carbocycles. The molecule has 0 unspecified atom stereocenters. The highest BCUT2D eigenvalue weighted by Gasteiger charge is 2.24. The quantitative estimate of drug-likeness (QED) is 0.472. The first-order valence-corrected chi connectivity index (χ1v) is 9.73. The van der Waals surface area contributed by atoms with Crippen LogP contribution in [0.4, 0.5) is 5.69 Å². The van der Waals surface area contributed by atoms with Gasteiger partial charge in [-0.05, 0) is 11.6 Å². The highest BCUT2D eigenvalue weighted by Crippen LogP contribution is 2.22. The second-order valence-electron chi connectivity index (χ2n) is 5.83. The number of aromatic nitrogens is 2. The minimum absolute atomic E-state index is 0.0835. The van der Waals surface area contributed by atoms with Crippen molar-refractivity contribution in [2.24, 2.45) is 0 Å². The van der Waals surface area contributed by atoms with Crippen LogP contribution in [0, 0.1) is 10.1 Å². The Hall–Kier alpha value is -3.04. The van der Waals surface area contributed by atoms with Crippen molar-refractivity contribution >= 4 is 15.7 Å². The van der Waals surface area contributed by atoms with Gasteiger partial charge in [-0.2, -0.15) is 0 Å². The van der Waals surface area contributed by atoms with Gasteiger partial charge in [-0.1, -0.05) is 42.5 Å². The fourth-order valence-corrected chi connectivity index (χ4v) is 3.90. The van der Waals surface area contributed by atoms with Gasteiger partial charge in [-0.15, -0.1) is 0 Å². The number of nitrogens with zero attached hydrogens (tertiary/aromatic N) is 3. The number of imidazole rings is 1. The average Bonchev–Trinajstić information content (AvgIpc) is 3.09. The van der Waals surface area contributed by atoms with Gasteiger partial charge in [0.15, 0.2) is 4.90 Å². The summed E-state index contributed by atoms with van der Waals surface area (Å²) in [6.45, 7) is 0.716. The van der Waals surface area contributed by atoms with Crippen LogP contribution < -0.4 is 4.72 Å². The summed E-state index contributed by atoms with van der Waals surface area (Å²) in [5.74, 6) is 0.726. The minimum atomic E-state index is -3.99. The minimum Gasteiger partial charge on any atom is -0.330 e. The van der Waals surface area contributed by atoms with Gasteiger partial charge in [0.2, 0.25) is 10.0 Å². The van der Waals surface area contributed by atoms with Crippen LogP contribution in [0.25, 0.3) is 0 Å². The molecule has 8 nitrogen and oxygen atoms in total. The average molecular weight is 386 g/mol. The Labute approximate surface area is 156 Å². The second-order valence-corrected chi connectivity index (χ2v) is 7.56. The summed E-state index contributed by atoms with van der Waals surface area (Å²) < 4.78 is 29.2. The lowest BCUT2D eigenvalue weighted by molar-refractivity contribution is -0.387. The van der Waals surface area contributed by atoms with E-state index in [0.717, 1.165) is 11.4 Å². The summed E-state index contributed by atoms with van der Waals surface area (Å²) in [6, 6.07) is 15.1. The number of nitrogens with one attached hydrogen (secondary N) is 1. The van der Waals surface area contributed by atoms with Crippen LogP contribution in [-0.4, -0.2) is 29.4 Å². The number of nitro benzene ring substituents is 1. The Morgan fingerprint density at radius 2 is 1.78 bits per heavy atom. The molecule has 3 aromatic rings. The normalized spacial score (nSPS) is 11.4. The van der Waals surface area contributed by atoms with Crippen LogP contribution >= 0.6 is 0 Å². The van der Waals surface area contributed by atoms with Crippen molar-refractivity contribution in [1.82, 2.24) is 14.3 Å². The summed E-state index contributed by atoms with van der Waals surface area (Å²) in [6.07, 6.45) is 3.85. The maximum atomic E-state index is 12.4. The standard InChI is InChI=1S/C18H18N4O4S/c23-22(24)16-8-4-5-9-17(16)27(25,26)20-11-10-18-19-12-13-21(18)14-15-6-2-1-3-7-15/h1-9,12-13,20H,10-11,14H2. The first-order chi connectivity index (χ1) is 13.0. The Balaban J connectivity index is 1.67. The molecule has 0 aliphatic rings. The highest BCUT2D eigenvalue weighted by molar-refractivity contribution is 7.89. The fourth-order valence-electron chi connectivity index (χ4n) is 2.70. The van der Waals surface area contributed by atoms with Gasteiger partial charge in [-0.25, -0.2) is 18.1 Å². The first kappa shape index (κ1) is 18.7. The van der Waals surface area contributed by atoms with Gasteiger partial charge in [0, 0.05) is 38.0 Å². The Bertz CT molecular complexity index is 1030. The molecule has 1 aromatic heterocycles. The molecule has 27 heavy (non-hydrogen) atoms. The summed E-state index contributed by atoms with van der Waals surface area (Å²) in [5, 5.41) is 11.0. The molecule has 9 heteroatoms. The third-order valence-corrected chi connectivity index (χ3v) is 5.50. The molecule has 140 valence electrons. The lowest BCUT2D eigenvalue weighted by Crippen LogP contribution is -2.27. The zero-order valence-electron chi connectivity index (χ0n) is 14.4. The number of rotatable bonds is 8. The van der Waals surface area contributed by atoms with Crippen LogP contribution in [0.1, 0.15) is 11.4 Å². The molecular formula is C18H18N4O4S. The molecule has 0 bridgehead atoms. The van der Waals surface area contributed by atoms with Crippen molar-refractivity contribution in [3.8, 4) is 0 Å². The topological polar surface area (TPSA) is 107 Å². The Morgan fingerprint density at radius 3 is 2.52 bits per heavy atom. The van der Waals surface area contributed by atoms with E-state index in [1.165, 1.54) is 24.3 Å². The van der Waals surface area contributed by atoms with Gasteiger partial charge in [0.1, 0.15) is 5.82 Å². The van der Waals surface area contributed by atoms with Crippen molar-refractivity contribution in [2.75, 3.05) is 6.54 Å². The van der Waals surface area contributed by atoms with Crippen molar-refractivity contribution in [3.63, 3.8) is 0 Å². The molecule has 0 aliphatic carbocycles. The maximum absolute atomic E-state index is 12.4. The largest absolute Gasteiger partial charge is 0.330 e. The van der Waals surface area contributed by atoms with Crippen molar-refractivity contribution in [1.29, 1.82) is 0 Å². The molecular weight excluding hydrogens is 368 g/mol. The second kappa shape index (κ2) is 8.11.